The fourth-order valence-electron chi connectivity index (χ4n) is 1.91. The van der Waals surface area contributed by atoms with Gasteiger partial charge in [0.1, 0.15) is 5.84 Å². The van der Waals surface area contributed by atoms with Crippen molar-refractivity contribution in [3.05, 3.63) is 46.4 Å². The first-order chi connectivity index (χ1) is 9.69. The molecular weight excluding hydrogens is 272 g/mol. The summed E-state index contributed by atoms with van der Waals surface area (Å²) in [6.07, 6.45) is 0.508. The van der Waals surface area contributed by atoms with Crippen LogP contribution < -0.4 is 10.6 Å². The van der Waals surface area contributed by atoms with Crippen LogP contribution in [0.3, 0.4) is 0 Å². The normalized spacial score (nSPS) is 11.6. The van der Waals surface area contributed by atoms with E-state index in [4.69, 9.17) is 10.9 Å². The summed E-state index contributed by atoms with van der Waals surface area (Å²) in [5.41, 5.74) is 7.70. The minimum absolute atomic E-state index is 0.236. The third-order valence-corrected chi connectivity index (χ3v) is 3.73. The monoisotopic (exact) mass is 290 g/mol. The summed E-state index contributed by atoms with van der Waals surface area (Å²) in [6.45, 7) is 3.39. The number of aryl methyl sites for hydroxylation is 1. The number of amidine groups is 1. The van der Waals surface area contributed by atoms with Crippen LogP contribution in [0.15, 0.2) is 40.9 Å². The van der Waals surface area contributed by atoms with Crippen LogP contribution in [-0.2, 0) is 6.54 Å². The molecule has 6 heteroatoms. The summed E-state index contributed by atoms with van der Waals surface area (Å²) >= 11 is 1.64. The zero-order valence-corrected chi connectivity index (χ0v) is 12.2. The van der Waals surface area contributed by atoms with Crippen molar-refractivity contribution in [1.82, 2.24) is 4.98 Å². The van der Waals surface area contributed by atoms with Gasteiger partial charge in [0, 0.05) is 24.0 Å². The maximum Gasteiger partial charge on any atom is 0.140 e. The van der Waals surface area contributed by atoms with Crippen molar-refractivity contribution in [3.8, 4) is 0 Å². The molecule has 0 aliphatic rings. The number of rotatable bonds is 6. The molecule has 0 fully saturated rings. The minimum atomic E-state index is 0.236. The Morgan fingerprint density at radius 1 is 1.40 bits per heavy atom. The summed E-state index contributed by atoms with van der Waals surface area (Å²) in [4.78, 5) is 6.66. The lowest BCUT2D eigenvalue weighted by Crippen LogP contribution is -2.28. The molecule has 1 aromatic carbocycles. The van der Waals surface area contributed by atoms with Gasteiger partial charge in [-0.3, -0.25) is 0 Å². The number of benzene rings is 1. The van der Waals surface area contributed by atoms with Crippen LogP contribution >= 0.6 is 11.3 Å². The number of hydrogen-bond donors (Lipinski definition) is 2. The summed E-state index contributed by atoms with van der Waals surface area (Å²) in [5.74, 6) is 0.236. The third-order valence-electron chi connectivity index (χ3n) is 2.91. The van der Waals surface area contributed by atoms with E-state index >= 15 is 0 Å². The number of thiazole rings is 1. The zero-order valence-electron chi connectivity index (χ0n) is 11.4. The Bertz CT molecular complexity index is 568. The predicted octanol–water partition coefficient (Wildman–Crippen LogP) is 2.59. The van der Waals surface area contributed by atoms with E-state index in [9.17, 15) is 0 Å². The maximum atomic E-state index is 8.65. The van der Waals surface area contributed by atoms with Crippen LogP contribution in [0.5, 0.6) is 0 Å². The highest BCUT2D eigenvalue weighted by atomic mass is 32.1. The van der Waals surface area contributed by atoms with Gasteiger partial charge >= 0.3 is 0 Å². The second-order valence-corrected chi connectivity index (χ2v) is 5.52. The largest absolute Gasteiger partial charge is 0.409 e. The van der Waals surface area contributed by atoms with Crippen molar-refractivity contribution < 1.29 is 5.21 Å². The summed E-state index contributed by atoms with van der Waals surface area (Å²) < 4.78 is 0. The topological polar surface area (TPSA) is 74.7 Å². The van der Waals surface area contributed by atoms with E-state index in [1.165, 1.54) is 0 Å². The number of para-hydroxylation sites is 1. The Morgan fingerprint density at radius 2 is 2.15 bits per heavy atom. The molecule has 0 bridgehead atoms. The molecular formula is C14H18N4OS. The van der Waals surface area contributed by atoms with Crippen molar-refractivity contribution in [2.24, 2.45) is 10.9 Å². The Kier molecular flexibility index (Phi) is 4.95. The zero-order chi connectivity index (χ0) is 14.4. The SMILES string of the molecule is Cc1nc(CN(CCC(N)=NO)c2ccccc2)cs1. The Morgan fingerprint density at radius 3 is 2.75 bits per heavy atom. The lowest BCUT2D eigenvalue weighted by Gasteiger charge is -2.23. The molecule has 0 spiro atoms. The Hall–Kier alpha value is -2.08. The van der Waals surface area contributed by atoms with Gasteiger partial charge in [-0.25, -0.2) is 4.98 Å². The van der Waals surface area contributed by atoms with Gasteiger partial charge in [-0.2, -0.15) is 0 Å². The van der Waals surface area contributed by atoms with Crippen LogP contribution in [0, 0.1) is 6.92 Å². The van der Waals surface area contributed by atoms with Crippen molar-refractivity contribution in [3.63, 3.8) is 0 Å². The molecule has 3 N–H and O–H groups in total. The molecule has 0 atom stereocenters. The molecule has 0 saturated heterocycles. The first-order valence-electron chi connectivity index (χ1n) is 6.36. The second kappa shape index (κ2) is 6.91. The molecule has 2 rings (SSSR count). The average molecular weight is 290 g/mol. The molecule has 106 valence electrons. The van der Waals surface area contributed by atoms with Crippen LogP contribution in [0.25, 0.3) is 0 Å². The van der Waals surface area contributed by atoms with Crippen molar-refractivity contribution >= 4 is 22.9 Å². The summed E-state index contributed by atoms with van der Waals surface area (Å²) in [5, 5.41) is 14.8. The average Bonchev–Trinajstić information content (AvgIpc) is 2.89. The van der Waals surface area contributed by atoms with E-state index in [0.29, 0.717) is 19.5 Å². The van der Waals surface area contributed by atoms with Crippen molar-refractivity contribution in [2.45, 2.75) is 19.9 Å². The van der Waals surface area contributed by atoms with Gasteiger partial charge in [0.15, 0.2) is 0 Å². The van der Waals surface area contributed by atoms with Crippen LogP contribution in [0.4, 0.5) is 5.69 Å². The van der Waals surface area contributed by atoms with Gasteiger partial charge < -0.3 is 15.8 Å². The highest BCUT2D eigenvalue weighted by molar-refractivity contribution is 7.09. The fraction of sp³-hybridized carbons (Fsp3) is 0.286. The first kappa shape index (κ1) is 14.3. The molecule has 0 aliphatic carbocycles. The predicted molar refractivity (Wildman–Crippen MR) is 82.4 cm³/mol. The molecule has 0 amide bonds. The van der Waals surface area contributed by atoms with E-state index in [1.807, 2.05) is 37.3 Å². The first-order valence-corrected chi connectivity index (χ1v) is 7.24. The Labute approximate surface area is 122 Å². The van der Waals surface area contributed by atoms with Gasteiger partial charge in [-0.15, -0.1) is 11.3 Å². The van der Waals surface area contributed by atoms with Crippen LogP contribution in [-0.4, -0.2) is 22.6 Å². The highest BCUT2D eigenvalue weighted by Gasteiger charge is 2.10. The standard InChI is InChI=1S/C14H18N4OS/c1-11-16-12(10-20-11)9-18(8-7-14(15)17-19)13-5-3-2-4-6-13/h2-6,10,19H,7-9H2,1H3,(H2,15,17). The number of aromatic nitrogens is 1. The molecule has 0 saturated carbocycles. The van der Waals surface area contributed by atoms with Crippen LogP contribution in [0.2, 0.25) is 0 Å². The number of oxime groups is 1. The van der Waals surface area contributed by atoms with Gasteiger partial charge in [0.05, 0.1) is 17.2 Å². The van der Waals surface area contributed by atoms with Gasteiger partial charge in [0.25, 0.3) is 0 Å². The molecule has 1 heterocycles. The Balaban J connectivity index is 2.11. The fourth-order valence-corrected chi connectivity index (χ4v) is 2.52. The van der Waals surface area contributed by atoms with Gasteiger partial charge in [0.2, 0.25) is 0 Å². The molecule has 2 aromatic rings. The number of anilines is 1. The van der Waals surface area contributed by atoms with Gasteiger partial charge in [-0.1, -0.05) is 23.4 Å². The van der Waals surface area contributed by atoms with E-state index in [2.05, 4.69) is 20.4 Å². The maximum absolute atomic E-state index is 8.65. The van der Waals surface area contributed by atoms with E-state index in [1.54, 1.807) is 11.3 Å². The van der Waals surface area contributed by atoms with Crippen molar-refractivity contribution in [1.29, 1.82) is 0 Å². The third kappa shape index (κ3) is 3.96. The molecule has 0 radical (unpaired) electrons. The molecule has 1 aromatic heterocycles. The van der Waals surface area contributed by atoms with E-state index in [-0.39, 0.29) is 5.84 Å². The summed E-state index contributed by atoms with van der Waals surface area (Å²) in [7, 11) is 0. The second-order valence-electron chi connectivity index (χ2n) is 4.46. The molecule has 5 nitrogen and oxygen atoms in total. The van der Waals surface area contributed by atoms with E-state index < -0.39 is 0 Å². The highest BCUT2D eigenvalue weighted by Crippen LogP contribution is 2.18. The van der Waals surface area contributed by atoms with Crippen LogP contribution in [0.1, 0.15) is 17.1 Å². The smallest absolute Gasteiger partial charge is 0.140 e. The molecule has 0 aliphatic heterocycles. The lowest BCUT2D eigenvalue weighted by molar-refractivity contribution is 0.317. The number of hydrogen-bond acceptors (Lipinski definition) is 5. The van der Waals surface area contributed by atoms with Gasteiger partial charge in [-0.05, 0) is 19.1 Å². The molecule has 20 heavy (non-hydrogen) atoms. The lowest BCUT2D eigenvalue weighted by atomic mass is 10.2. The number of nitrogens with two attached hydrogens (primary N) is 1. The van der Waals surface area contributed by atoms with E-state index in [0.717, 1.165) is 16.4 Å². The molecule has 0 unspecified atom stereocenters. The minimum Gasteiger partial charge on any atom is -0.409 e. The van der Waals surface area contributed by atoms with Crippen molar-refractivity contribution in [2.75, 3.05) is 11.4 Å². The summed E-state index contributed by atoms with van der Waals surface area (Å²) in [6, 6.07) is 10.1. The number of nitrogens with zero attached hydrogens (tertiary/aromatic N) is 3. The quantitative estimate of drug-likeness (QED) is 0.371.